The quantitative estimate of drug-likeness (QED) is 0.373. The van der Waals surface area contributed by atoms with Gasteiger partial charge in [-0.2, -0.15) is 0 Å². The molecule has 6 heteroatoms. The largest absolute Gasteiger partial charge is 0.507 e. The minimum atomic E-state index is -0.877. The Morgan fingerprint density at radius 3 is 2.42 bits per heavy atom. The molecule has 158 valence electrons. The summed E-state index contributed by atoms with van der Waals surface area (Å²) in [4.78, 5) is 27.6. The summed E-state index contributed by atoms with van der Waals surface area (Å²) in [6, 6.07) is 15.0. The fourth-order valence-electron chi connectivity index (χ4n) is 3.93. The third-order valence-electron chi connectivity index (χ3n) is 5.42. The molecule has 1 amide bonds. The van der Waals surface area contributed by atoms with E-state index in [-0.39, 0.29) is 11.3 Å². The van der Waals surface area contributed by atoms with Crippen LogP contribution in [0, 0.1) is 20.8 Å². The van der Waals surface area contributed by atoms with Crippen molar-refractivity contribution >= 4 is 23.1 Å². The number of amides is 1. The number of furan rings is 1. The van der Waals surface area contributed by atoms with Gasteiger partial charge in [0, 0.05) is 11.3 Å². The van der Waals surface area contributed by atoms with E-state index in [0.717, 1.165) is 11.1 Å². The zero-order valence-electron chi connectivity index (χ0n) is 17.8. The van der Waals surface area contributed by atoms with Crippen molar-refractivity contribution in [2.45, 2.75) is 26.8 Å². The molecule has 3 aromatic rings. The standard InChI is InChI=1S/C25H23NO5/c1-14-6-5-7-18(12-14)26-22(20-10-8-16(3)31-20)21(24(28)25(26)29)23(27)17-9-11-19(30-4)15(2)13-17/h5-13,22,27H,1-4H3/b23-21-. The van der Waals surface area contributed by atoms with Gasteiger partial charge in [0.25, 0.3) is 11.7 Å². The van der Waals surface area contributed by atoms with Crippen molar-refractivity contribution in [3.63, 3.8) is 0 Å². The predicted octanol–water partition coefficient (Wildman–Crippen LogP) is 4.84. The third-order valence-corrected chi connectivity index (χ3v) is 5.42. The number of carbonyl (C=O) groups excluding carboxylic acids is 2. The van der Waals surface area contributed by atoms with Crippen LogP contribution in [0.4, 0.5) is 5.69 Å². The molecule has 4 rings (SSSR count). The number of anilines is 1. The minimum absolute atomic E-state index is 0.00887. The Labute approximate surface area is 180 Å². The number of methoxy groups -OCH3 is 1. The maximum Gasteiger partial charge on any atom is 0.300 e. The first-order chi connectivity index (χ1) is 14.8. The molecule has 6 nitrogen and oxygen atoms in total. The van der Waals surface area contributed by atoms with E-state index in [4.69, 9.17) is 9.15 Å². The van der Waals surface area contributed by atoms with Crippen LogP contribution in [0.3, 0.4) is 0 Å². The normalized spacial score (nSPS) is 17.9. The summed E-state index contributed by atoms with van der Waals surface area (Å²) in [6.07, 6.45) is 0. The fraction of sp³-hybridized carbons (Fsp3) is 0.200. The lowest BCUT2D eigenvalue weighted by molar-refractivity contribution is -0.132. The van der Waals surface area contributed by atoms with Crippen molar-refractivity contribution in [3.8, 4) is 5.75 Å². The van der Waals surface area contributed by atoms with E-state index in [1.807, 2.05) is 32.0 Å². The average molecular weight is 417 g/mol. The summed E-state index contributed by atoms with van der Waals surface area (Å²) < 4.78 is 11.1. The zero-order valence-corrected chi connectivity index (χ0v) is 17.8. The van der Waals surface area contributed by atoms with E-state index in [9.17, 15) is 14.7 Å². The van der Waals surface area contributed by atoms with Crippen LogP contribution >= 0.6 is 0 Å². The molecule has 2 aromatic carbocycles. The Morgan fingerprint density at radius 2 is 1.81 bits per heavy atom. The van der Waals surface area contributed by atoms with Crippen LogP contribution in [0.2, 0.25) is 0 Å². The van der Waals surface area contributed by atoms with Crippen LogP contribution < -0.4 is 9.64 Å². The molecule has 0 aliphatic carbocycles. The highest BCUT2D eigenvalue weighted by molar-refractivity contribution is 6.51. The number of benzene rings is 2. The molecule has 1 unspecified atom stereocenters. The van der Waals surface area contributed by atoms with E-state index in [2.05, 4.69) is 0 Å². The molecule has 0 bridgehead atoms. The molecule has 1 saturated heterocycles. The van der Waals surface area contributed by atoms with Crippen molar-refractivity contribution in [2.75, 3.05) is 12.0 Å². The lowest BCUT2D eigenvalue weighted by Gasteiger charge is -2.23. The van der Waals surface area contributed by atoms with Gasteiger partial charge in [0.1, 0.15) is 29.1 Å². The van der Waals surface area contributed by atoms with Gasteiger partial charge in [-0.3, -0.25) is 14.5 Å². The second-order valence-electron chi connectivity index (χ2n) is 7.64. The summed E-state index contributed by atoms with van der Waals surface area (Å²) in [5.74, 6) is -0.00800. The van der Waals surface area contributed by atoms with Gasteiger partial charge in [0.15, 0.2) is 0 Å². The molecule has 2 heterocycles. The number of rotatable bonds is 4. The fourth-order valence-corrected chi connectivity index (χ4v) is 3.93. The molecule has 1 N–H and O–H groups in total. The Kier molecular flexibility index (Phi) is 5.15. The maximum atomic E-state index is 13.1. The SMILES string of the molecule is COc1ccc(/C(O)=C2/C(=O)C(=O)N(c3cccc(C)c3)C2c2ccc(C)o2)cc1C. The monoisotopic (exact) mass is 417 g/mol. The molecule has 1 fully saturated rings. The Morgan fingerprint density at radius 1 is 1.03 bits per heavy atom. The molecule has 1 aliphatic heterocycles. The lowest BCUT2D eigenvalue weighted by atomic mass is 9.98. The molecular weight excluding hydrogens is 394 g/mol. The molecular formula is C25H23NO5. The van der Waals surface area contributed by atoms with Crippen LogP contribution in [0.15, 0.2) is 64.6 Å². The number of aliphatic hydroxyl groups is 1. The number of ether oxygens (including phenoxy) is 1. The van der Waals surface area contributed by atoms with E-state index < -0.39 is 17.7 Å². The van der Waals surface area contributed by atoms with Crippen molar-refractivity contribution in [1.82, 2.24) is 0 Å². The first-order valence-corrected chi connectivity index (χ1v) is 9.91. The van der Waals surface area contributed by atoms with Crippen LogP contribution in [0.1, 0.15) is 34.3 Å². The molecule has 0 radical (unpaired) electrons. The predicted molar refractivity (Wildman–Crippen MR) is 117 cm³/mol. The maximum absolute atomic E-state index is 13.1. The second-order valence-corrected chi connectivity index (χ2v) is 7.64. The minimum Gasteiger partial charge on any atom is -0.507 e. The second kappa shape index (κ2) is 7.80. The van der Waals surface area contributed by atoms with E-state index in [0.29, 0.717) is 28.5 Å². The van der Waals surface area contributed by atoms with Gasteiger partial charge in [-0.1, -0.05) is 12.1 Å². The van der Waals surface area contributed by atoms with Crippen LogP contribution in [0.5, 0.6) is 5.75 Å². The molecule has 1 aromatic heterocycles. The smallest absolute Gasteiger partial charge is 0.300 e. The Bertz CT molecular complexity index is 1220. The summed E-state index contributed by atoms with van der Waals surface area (Å²) in [5, 5.41) is 11.2. The number of ketones is 1. The Balaban J connectivity index is 1.93. The number of hydrogen-bond donors (Lipinski definition) is 1. The van der Waals surface area contributed by atoms with Crippen LogP contribution in [-0.2, 0) is 9.59 Å². The summed E-state index contributed by atoms with van der Waals surface area (Å²) in [6.45, 7) is 5.54. The van der Waals surface area contributed by atoms with Gasteiger partial charge < -0.3 is 14.3 Å². The van der Waals surface area contributed by atoms with Crippen molar-refractivity contribution in [3.05, 3.63) is 88.4 Å². The number of aliphatic hydroxyl groups excluding tert-OH is 1. The summed E-state index contributed by atoms with van der Waals surface area (Å²) >= 11 is 0. The highest BCUT2D eigenvalue weighted by Crippen LogP contribution is 2.43. The molecule has 0 saturated carbocycles. The van der Waals surface area contributed by atoms with Gasteiger partial charge >= 0.3 is 0 Å². The van der Waals surface area contributed by atoms with Gasteiger partial charge in [0.05, 0.1) is 12.7 Å². The van der Waals surface area contributed by atoms with Crippen LogP contribution in [-0.4, -0.2) is 23.9 Å². The number of nitrogens with zero attached hydrogens (tertiary/aromatic N) is 1. The van der Waals surface area contributed by atoms with Gasteiger partial charge in [-0.25, -0.2) is 0 Å². The number of Topliss-reactive ketones (excluding diaryl/α,β-unsaturated/α-hetero) is 1. The average Bonchev–Trinajstić information content (AvgIpc) is 3.28. The number of hydrogen-bond acceptors (Lipinski definition) is 5. The van der Waals surface area contributed by atoms with Crippen LogP contribution in [0.25, 0.3) is 5.76 Å². The van der Waals surface area contributed by atoms with E-state index in [1.165, 1.54) is 4.90 Å². The van der Waals surface area contributed by atoms with E-state index >= 15 is 0 Å². The zero-order chi connectivity index (χ0) is 22.3. The van der Waals surface area contributed by atoms with Crippen molar-refractivity contribution < 1.29 is 23.8 Å². The first-order valence-electron chi connectivity index (χ1n) is 9.91. The molecule has 1 atom stereocenters. The van der Waals surface area contributed by atoms with E-state index in [1.54, 1.807) is 50.4 Å². The number of aryl methyl sites for hydroxylation is 3. The van der Waals surface area contributed by atoms with Crippen molar-refractivity contribution in [1.29, 1.82) is 0 Å². The first kappa shape index (κ1) is 20.5. The molecule has 31 heavy (non-hydrogen) atoms. The third kappa shape index (κ3) is 3.50. The number of carbonyl (C=O) groups is 2. The highest BCUT2D eigenvalue weighted by atomic mass is 16.5. The summed E-state index contributed by atoms with van der Waals surface area (Å²) in [7, 11) is 1.56. The summed E-state index contributed by atoms with van der Waals surface area (Å²) in [5.41, 5.74) is 2.72. The molecule has 0 spiro atoms. The Hall–Kier alpha value is -3.80. The molecule has 1 aliphatic rings. The van der Waals surface area contributed by atoms with Crippen molar-refractivity contribution in [2.24, 2.45) is 0 Å². The lowest BCUT2D eigenvalue weighted by Crippen LogP contribution is -2.29. The van der Waals surface area contributed by atoms with Gasteiger partial charge in [-0.05, 0) is 74.4 Å². The highest BCUT2D eigenvalue weighted by Gasteiger charge is 2.48. The van der Waals surface area contributed by atoms with Gasteiger partial charge in [0.2, 0.25) is 0 Å². The topological polar surface area (TPSA) is 80.0 Å². The van der Waals surface area contributed by atoms with Gasteiger partial charge in [-0.15, -0.1) is 0 Å².